The minimum Gasteiger partial charge on any atom is -0.490 e. The molecule has 0 heterocycles. The molecule has 158 valence electrons. The maximum absolute atomic E-state index is 6.28. The first kappa shape index (κ1) is 22.5. The molecule has 1 saturated carbocycles. The molecule has 28 heavy (non-hydrogen) atoms. The topological polar surface area (TPSA) is 64.1 Å². The molecule has 0 saturated heterocycles. The van der Waals surface area contributed by atoms with Crippen molar-refractivity contribution in [3.63, 3.8) is 0 Å². The van der Waals surface area contributed by atoms with Crippen LogP contribution in [-0.2, 0) is 16.0 Å². The maximum atomic E-state index is 6.28. The Bertz CT molecular complexity index is 586. The Labute approximate surface area is 170 Å². The highest BCUT2D eigenvalue weighted by Crippen LogP contribution is 2.27. The van der Waals surface area contributed by atoms with Crippen LogP contribution in [0, 0.1) is 6.92 Å². The minimum absolute atomic E-state index is 0.365. The summed E-state index contributed by atoms with van der Waals surface area (Å²) in [6, 6.07) is 6.44. The lowest BCUT2D eigenvalue weighted by Crippen LogP contribution is -2.37. The maximum Gasteiger partial charge on any atom is 0.191 e. The molecule has 2 rings (SSSR count). The Kier molecular flexibility index (Phi) is 10.8. The van der Waals surface area contributed by atoms with Crippen LogP contribution in [0.15, 0.2) is 23.2 Å². The number of nitrogens with zero attached hydrogens (tertiary/aromatic N) is 1. The van der Waals surface area contributed by atoms with Gasteiger partial charge in [-0.1, -0.05) is 12.1 Å². The summed E-state index contributed by atoms with van der Waals surface area (Å²) in [5.41, 5.74) is 2.40. The SMILES string of the molecule is CN=C(NCCCCOCCOC)NCc1ccc(C)cc1OC1CCCC1. The summed E-state index contributed by atoms with van der Waals surface area (Å²) in [4.78, 5) is 4.32. The van der Waals surface area contributed by atoms with E-state index < -0.39 is 0 Å². The number of aliphatic imine (C=N–C) groups is 1. The van der Waals surface area contributed by atoms with Gasteiger partial charge in [-0.05, 0) is 57.1 Å². The number of hydrogen-bond donors (Lipinski definition) is 2. The fourth-order valence-electron chi connectivity index (χ4n) is 3.28. The lowest BCUT2D eigenvalue weighted by Gasteiger charge is -2.18. The first-order chi connectivity index (χ1) is 13.7. The zero-order valence-electron chi connectivity index (χ0n) is 17.8. The summed E-state index contributed by atoms with van der Waals surface area (Å²) in [6.45, 7) is 5.75. The number of ether oxygens (including phenoxy) is 3. The second-order valence-electron chi connectivity index (χ2n) is 7.30. The molecule has 1 aliphatic rings. The molecule has 0 spiro atoms. The predicted molar refractivity (Wildman–Crippen MR) is 114 cm³/mol. The van der Waals surface area contributed by atoms with E-state index in [2.05, 4.69) is 40.7 Å². The van der Waals surface area contributed by atoms with Crippen LogP contribution in [0.5, 0.6) is 5.75 Å². The first-order valence-corrected chi connectivity index (χ1v) is 10.5. The van der Waals surface area contributed by atoms with E-state index in [-0.39, 0.29) is 0 Å². The number of methoxy groups -OCH3 is 1. The molecule has 6 nitrogen and oxygen atoms in total. The van der Waals surface area contributed by atoms with Gasteiger partial charge in [-0.15, -0.1) is 0 Å². The van der Waals surface area contributed by atoms with Crippen molar-refractivity contribution in [2.45, 2.75) is 58.1 Å². The van der Waals surface area contributed by atoms with Gasteiger partial charge in [-0.2, -0.15) is 0 Å². The number of unbranched alkanes of at least 4 members (excludes halogenated alkanes) is 1. The largest absolute Gasteiger partial charge is 0.490 e. The van der Waals surface area contributed by atoms with Crippen molar-refractivity contribution in [2.24, 2.45) is 4.99 Å². The molecule has 1 fully saturated rings. The lowest BCUT2D eigenvalue weighted by molar-refractivity contribution is 0.0689. The van der Waals surface area contributed by atoms with Crippen molar-refractivity contribution < 1.29 is 14.2 Å². The van der Waals surface area contributed by atoms with Crippen molar-refractivity contribution in [3.05, 3.63) is 29.3 Å². The third kappa shape index (κ3) is 8.48. The zero-order chi connectivity index (χ0) is 20.0. The van der Waals surface area contributed by atoms with E-state index in [0.29, 0.717) is 25.9 Å². The van der Waals surface area contributed by atoms with Gasteiger partial charge >= 0.3 is 0 Å². The number of aryl methyl sites for hydroxylation is 1. The Morgan fingerprint density at radius 1 is 1.11 bits per heavy atom. The average Bonchev–Trinajstić information content (AvgIpc) is 3.20. The highest BCUT2D eigenvalue weighted by atomic mass is 16.5. The third-order valence-electron chi connectivity index (χ3n) is 4.93. The van der Waals surface area contributed by atoms with Crippen molar-refractivity contribution in [1.82, 2.24) is 10.6 Å². The molecule has 0 aliphatic heterocycles. The van der Waals surface area contributed by atoms with E-state index >= 15 is 0 Å². The number of guanidine groups is 1. The van der Waals surface area contributed by atoms with E-state index in [4.69, 9.17) is 14.2 Å². The van der Waals surface area contributed by atoms with E-state index in [1.54, 1.807) is 14.2 Å². The van der Waals surface area contributed by atoms with Gasteiger partial charge < -0.3 is 24.8 Å². The quantitative estimate of drug-likeness (QED) is 0.325. The summed E-state index contributed by atoms with van der Waals surface area (Å²) < 4.78 is 16.7. The van der Waals surface area contributed by atoms with E-state index in [9.17, 15) is 0 Å². The molecular formula is C22H37N3O3. The highest BCUT2D eigenvalue weighted by molar-refractivity contribution is 5.79. The van der Waals surface area contributed by atoms with E-state index in [0.717, 1.165) is 37.7 Å². The summed E-state index contributed by atoms with van der Waals surface area (Å²) in [6.07, 6.45) is 7.30. The Balaban J connectivity index is 1.72. The molecule has 0 amide bonds. The number of rotatable bonds is 12. The smallest absolute Gasteiger partial charge is 0.191 e. The van der Waals surface area contributed by atoms with E-state index in [1.165, 1.54) is 36.8 Å². The Hall–Kier alpha value is -1.79. The van der Waals surface area contributed by atoms with Gasteiger partial charge in [0.25, 0.3) is 0 Å². The zero-order valence-corrected chi connectivity index (χ0v) is 17.8. The lowest BCUT2D eigenvalue weighted by atomic mass is 10.1. The predicted octanol–water partition coefficient (Wildman–Crippen LogP) is 3.42. The van der Waals surface area contributed by atoms with Crippen LogP contribution in [0.4, 0.5) is 0 Å². The van der Waals surface area contributed by atoms with Crippen molar-refractivity contribution in [2.75, 3.05) is 40.5 Å². The summed E-state index contributed by atoms with van der Waals surface area (Å²) in [5, 5.41) is 6.76. The van der Waals surface area contributed by atoms with Gasteiger partial charge in [-0.25, -0.2) is 0 Å². The third-order valence-corrected chi connectivity index (χ3v) is 4.93. The van der Waals surface area contributed by atoms with Crippen LogP contribution in [-0.4, -0.2) is 52.6 Å². The summed E-state index contributed by atoms with van der Waals surface area (Å²) >= 11 is 0. The van der Waals surface area contributed by atoms with Crippen LogP contribution in [0.25, 0.3) is 0 Å². The molecule has 1 aliphatic carbocycles. The molecule has 1 aromatic rings. The second-order valence-corrected chi connectivity index (χ2v) is 7.30. The molecule has 0 unspecified atom stereocenters. The Morgan fingerprint density at radius 3 is 2.68 bits per heavy atom. The molecule has 0 aromatic heterocycles. The summed E-state index contributed by atoms with van der Waals surface area (Å²) in [7, 11) is 3.49. The first-order valence-electron chi connectivity index (χ1n) is 10.5. The number of benzene rings is 1. The highest BCUT2D eigenvalue weighted by Gasteiger charge is 2.18. The molecule has 6 heteroatoms. The molecule has 0 bridgehead atoms. The van der Waals surface area contributed by atoms with Crippen LogP contribution in [0.3, 0.4) is 0 Å². The van der Waals surface area contributed by atoms with Gasteiger partial charge in [0.15, 0.2) is 5.96 Å². The molecular weight excluding hydrogens is 354 g/mol. The van der Waals surface area contributed by atoms with Crippen molar-refractivity contribution >= 4 is 5.96 Å². The number of nitrogens with one attached hydrogen (secondary N) is 2. The van der Waals surface area contributed by atoms with Gasteiger partial charge in [0.1, 0.15) is 5.75 Å². The van der Waals surface area contributed by atoms with Crippen LogP contribution >= 0.6 is 0 Å². The molecule has 0 atom stereocenters. The second kappa shape index (κ2) is 13.4. The standard InChI is InChI=1S/C22H37N3O3/c1-18-10-11-19(21(16-18)28-20-8-4-5-9-20)17-25-22(23-2)24-12-6-7-13-27-15-14-26-3/h10-11,16,20H,4-9,12-15,17H2,1-3H3,(H2,23,24,25). The fourth-order valence-corrected chi connectivity index (χ4v) is 3.28. The van der Waals surface area contributed by atoms with Gasteiger partial charge in [-0.3, -0.25) is 4.99 Å². The van der Waals surface area contributed by atoms with Crippen LogP contribution < -0.4 is 15.4 Å². The van der Waals surface area contributed by atoms with Gasteiger partial charge in [0.05, 0.1) is 19.3 Å². The number of hydrogen-bond acceptors (Lipinski definition) is 4. The molecule has 0 radical (unpaired) electrons. The van der Waals surface area contributed by atoms with E-state index in [1.807, 2.05) is 0 Å². The molecule has 1 aromatic carbocycles. The monoisotopic (exact) mass is 391 g/mol. The Morgan fingerprint density at radius 2 is 1.93 bits per heavy atom. The van der Waals surface area contributed by atoms with Crippen LogP contribution in [0.2, 0.25) is 0 Å². The molecule has 2 N–H and O–H groups in total. The van der Waals surface area contributed by atoms with Gasteiger partial charge in [0.2, 0.25) is 0 Å². The fraction of sp³-hybridized carbons (Fsp3) is 0.682. The normalized spacial score (nSPS) is 15.0. The average molecular weight is 392 g/mol. The minimum atomic E-state index is 0.365. The van der Waals surface area contributed by atoms with Gasteiger partial charge in [0, 0.05) is 39.4 Å². The van der Waals surface area contributed by atoms with Crippen molar-refractivity contribution in [1.29, 1.82) is 0 Å². The van der Waals surface area contributed by atoms with Crippen LogP contribution in [0.1, 0.15) is 49.7 Å². The van der Waals surface area contributed by atoms with Crippen molar-refractivity contribution in [3.8, 4) is 5.75 Å². The summed E-state index contributed by atoms with van der Waals surface area (Å²) in [5.74, 6) is 1.82.